The molecule has 2 N–H and O–H groups in total. The van der Waals surface area contributed by atoms with Crippen molar-refractivity contribution in [2.45, 2.75) is 13.0 Å². The first-order valence-corrected chi connectivity index (χ1v) is 8.36. The molecule has 7 heteroatoms. The Bertz CT molecular complexity index is 910. The number of benzene rings is 1. The topological polar surface area (TPSA) is 73.9 Å². The van der Waals surface area contributed by atoms with Crippen molar-refractivity contribution < 1.29 is 4.79 Å². The summed E-state index contributed by atoms with van der Waals surface area (Å²) in [5.74, 6) is 0.823. The number of nitrogens with one attached hydrogen (secondary N) is 2. The van der Waals surface area contributed by atoms with Crippen molar-refractivity contribution in [3.05, 3.63) is 70.6 Å². The lowest BCUT2D eigenvalue weighted by Crippen LogP contribution is -2.37. The van der Waals surface area contributed by atoms with E-state index in [-0.39, 0.29) is 5.91 Å². The maximum Gasteiger partial charge on any atom is 0.258 e. The number of H-pyrrole nitrogens is 1. The fourth-order valence-corrected chi connectivity index (χ4v) is 3.17. The minimum atomic E-state index is -0.0154. The van der Waals surface area contributed by atoms with E-state index in [1.54, 1.807) is 35.6 Å². The van der Waals surface area contributed by atoms with E-state index in [1.807, 2.05) is 18.2 Å². The van der Waals surface area contributed by atoms with Gasteiger partial charge in [0.05, 0.1) is 18.1 Å². The number of aromatic amines is 1. The van der Waals surface area contributed by atoms with Crippen molar-refractivity contribution in [2.24, 2.45) is 0 Å². The van der Waals surface area contributed by atoms with E-state index in [0.717, 1.165) is 29.1 Å². The first-order valence-electron chi connectivity index (χ1n) is 7.98. The number of carbonyl (C=O) groups is 1. The molecule has 0 aliphatic carbocycles. The smallest absolute Gasteiger partial charge is 0.258 e. The van der Waals surface area contributed by atoms with Gasteiger partial charge in [-0.3, -0.25) is 14.9 Å². The number of amides is 1. The van der Waals surface area contributed by atoms with Crippen molar-refractivity contribution in [2.75, 3.05) is 16.8 Å². The second kappa shape index (κ2) is 6.57. The molecule has 0 fully saturated rings. The second-order valence-corrected chi connectivity index (χ2v) is 6.32. The Balaban J connectivity index is 1.55. The molecule has 25 heavy (non-hydrogen) atoms. The third-order valence-corrected chi connectivity index (χ3v) is 4.46. The Hall–Kier alpha value is -2.86. The molecule has 0 saturated heterocycles. The van der Waals surface area contributed by atoms with Crippen LogP contribution in [0, 0.1) is 0 Å². The van der Waals surface area contributed by atoms with E-state index >= 15 is 0 Å². The average molecular weight is 354 g/mol. The third kappa shape index (κ3) is 3.21. The van der Waals surface area contributed by atoms with Crippen molar-refractivity contribution in [3.8, 4) is 0 Å². The lowest BCUT2D eigenvalue weighted by Gasteiger charge is -2.28. The maximum absolute atomic E-state index is 12.8. The molecule has 0 bridgehead atoms. The van der Waals surface area contributed by atoms with Crippen LogP contribution in [0.1, 0.15) is 21.5 Å². The van der Waals surface area contributed by atoms with Crippen LogP contribution in [0.5, 0.6) is 0 Å². The van der Waals surface area contributed by atoms with Crippen LogP contribution in [0.2, 0.25) is 5.02 Å². The minimum absolute atomic E-state index is 0.0154. The third-order valence-electron chi connectivity index (χ3n) is 4.22. The molecule has 0 radical (unpaired) electrons. The molecule has 1 amide bonds. The summed E-state index contributed by atoms with van der Waals surface area (Å²) in [6.07, 6.45) is 5.97. The molecule has 1 aliphatic rings. The fraction of sp³-hybridized carbons (Fsp3) is 0.167. The lowest BCUT2D eigenvalue weighted by molar-refractivity contribution is 0.0980. The number of aromatic nitrogens is 3. The lowest BCUT2D eigenvalue weighted by atomic mass is 9.98. The molecule has 3 heterocycles. The first-order chi connectivity index (χ1) is 12.2. The Kier molecular flexibility index (Phi) is 4.11. The number of halogens is 1. The molecule has 4 rings (SSSR count). The molecule has 0 saturated carbocycles. The number of anilines is 2. The van der Waals surface area contributed by atoms with E-state index in [0.29, 0.717) is 23.7 Å². The number of pyridine rings is 1. The second-order valence-electron chi connectivity index (χ2n) is 5.88. The van der Waals surface area contributed by atoms with E-state index in [9.17, 15) is 4.79 Å². The van der Waals surface area contributed by atoms with Crippen molar-refractivity contribution in [3.63, 3.8) is 0 Å². The number of carbonyl (C=O) groups excluding carboxylic acids is 1. The van der Waals surface area contributed by atoms with Gasteiger partial charge in [-0.05, 0) is 47.9 Å². The molecule has 3 aromatic rings. The maximum atomic E-state index is 12.8. The normalized spacial score (nSPS) is 13.6. The summed E-state index contributed by atoms with van der Waals surface area (Å²) in [5, 5.41) is 10.6. The van der Waals surface area contributed by atoms with Gasteiger partial charge in [-0.2, -0.15) is 5.10 Å². The van der Waals surface area contributed by atoms with Gasteiger partial charge in [-0.25, -0.2) is 0 Å². The molecule has 0 unspecified atom stereocenters. The number of hydrogen-bond donors (Lipinski definition) is 2. The molecule has 6 nitrogen and oxygen atoms in total. The molecule has 0 atom stereocenters. The summed E-state index contributed by atoms with van der Waals surface area (Å²) in [5.41, 5.74) is 3.49. The number of hydrogen-bond acceptors (Lipinski definition) is 4. The SMILES string of the molecule is O=C1c2ccc(Cl)cc2CCN1c1cncc(CNc2ccn[nH]2)c1. The summed E-state index contributed by atoms with van der Waals surface area (Å²) >= 11 is 6.03. The van der Waals surface area contributed by atoms with Gasteiger partial charge in [0.1, 0.15) is 5.82 Å². The van der Waals surface area contributed by atoms with E-state index in [2.05, 4.69) is 20.5 Å². The van der Waals surface area contributed by atoms with Crippen LogP contribution in [0.25, 0.3) is 0 Å². The molecule has 1 aliphatic heterocycles. The highest BCUT2D eigenvalue weighted by Crippen LogP contribution is 2.26. The highest BCUT2D eigenvalue weighted by Gasteiger charge is 2.25. The van der Waals surface area contributed by atoms with Gasteiger partial charge >= 0.3 is 0 Å². The Morgan fingerprint density at radius 2 is 2.16 bits per heavy atom. The van der Waals surface area contributed by atoms with Gasteiger partial charge in [0.25, 0.3) is 5.91 Å². The molecule has 2 aromatic heterocycles. The average Bonchev–Trinajstić information content (AvgIpc) is 3.14. The number of fused-ring (bicyclic) bond motifs is 1. The van der Waals surface area contributed by atoms with Gasteiger partial charge in [-0.1, -0.05) is 11.6 Å². The van der Waals surface area contributed by atoms with E-state index < -0.39 is 0 Å². The molecular weight excluding hydrogens is 338 g/mol. The number of nitrogens with zero attached hydrogens (tertiary/aromatic N) is 3. The zero-order valence-electron chi connectivity index (χ0n) is 13.4. The van der Waals surface area contributed by atoms with Crippen LogP contribution >= 0.6 is 11.6 Å². The van der Waals surface area contributed by atoms with Crippen LogP contribution in [-0.2, 0) is 13.0 Å². The summed E-state index contributed by atoms with van der Waals surface area (Å²) in [4.78, 5) is 18.9. The van der Waals surface area contributed by atoms with Gasteiger partial charge in [0, 0.05) is 29.9 Å². The molecule has 1 aromatic carbocycles. The Morgan fingerprint density at radius 3 is 3.00 bits per heavy atom. The highest BCUT2D eigenvalue weighted by molar-refractivity contribution is 6.30. The summed E-state index contributed by atoms with van der Waals surface area (Å²) < 4.78 is 0. The van der Waals surface area contributed by atoms with Gasteiger partial charge in [0.15, 0.2) is 0 Å². The van der Waals surface area contributed by atoms with Crippen LogP contribution in [0.3, 0.4) is 0 Å². The molecular formula is C18H16ClN5O. The zero-order valence-corrected chi connectivity index (χ0v) is 14.1. The quantitative estimate of drug-likeness (QED) is 0.755. The van der Waals surface area contributed by atoms with Crippen LogP contribution < -0.4 is 10.2 Å². The first kappa shape index (κ1) is 15.7. The standard InChI is InChI=1S/C18H16ClN5O/c19-14-1-2-16-13(8-14)4-6-24(18(16)25)15-7-12(9-20-11-15)10-21-17-3-5-22-23-17/h1-3,5,7-9,11H,4,6,10H2,(H2,21,22,23). The summed E-state index contributed by atoms with van der Waals surface area (Å²) in [6.45, 7) is 1.21. The largest absolute Gasteiger partial charge is 0.366 e. The zero-order chi connectivity index (χ0) is 17.2. The minimum Gasteiger partial charge on any atom is -0.366 e. The van der Waals surface area contributed by atoms with Gasteiger partial charge in [-0.15, -0.1) is 0 Å². The van der Waals surface area contributed by atoms with Gasteiger partial charge in [0.2, 0.25) is 0 Å². The molecule has 126 valence electrons. The summed E-state index contributed by atoms with van der Waals surface area (Å²) in [7, 11) is 0. The predicted octanol–water partition coefficient (Wildman–Crippen LogP) is 3.27. The Labute approximate surface area is 149 Å². The Morgan fingerprint density at radius 1 is 1.24 bits per heavy atom. The fourth-order valence-electron chi connectivity index (χ4n) is 2.97. The monoisotopic (exact) mass is 353 g/mol. The number of rotatable bonds is 4. The van der Waals surface area contributed by atoms with Crippen molar-refractivity contribution in [1.29, 1.82) is 0 Å². The van der Waals surface area contributed by atoms with Crippen LogP contribution in [-0.4, -0.2) is 27.6 Å². The highest BCUT2D eigenvalue weighted by atomic mass is 35.5. The van der Waals surface area contributed by atoms with Crippen molar-refractivity contribution >= 4 is 29.0 Å². The molecule has 0 spiro atoms. The van der Waals surface area contributed by atoms with Crippen LogP contribution in [0.4, 0.5) is 11.5 Å². The van der Waals surface area contributed by atoms with Gasteiger partial charge < -0.3 is 10.2 Å². The summed E-state index contributed by atoms with van der Waals surface area (Å²) in [6, 6.07) is 9.26. The van der Waals surface area contributed by atoms with E-state index in [1.165, 1.54) is 0 Å². The van der Waals surface area contributed by atoms with Crippen molar-refractivity contribution in [1.82, 2.24) is 15.2 Å². The predicted molar refractivity (Wildman–Crippen MR) is 97.0 cm³/mol. The van der Waals surface area contributed by atoms with Crippen LogP contribution in [0.15, 0.2) is 48.9 Å². The van der Waals surface area contributed by atoms with E-state index in [4.69, 9.17) is 11.6 Å².